The van der Waals surface area contributed by atoms with Crippen LogP contribution in [0.1, 0.15) is 44.9 Å². The normalized spacial score (nSPS) is 15.3. The van der Waals surface area contributed by atoms with Crippen molar-refractivity contribution in [3.63, 3.8) is 0 Å². The Morgan fingerprint density at radius 2 is 1.92 bits per heavy atom. The van der Waals surface area contributed by atoms with Crippen molar-refractivity contribution in [2.45, 2.75) is 39.8 Å². The van der Waals surface area contributed by atoms with Crippen molar-refractivity contribution in [2.24, 2.45) is 4.99 Å². The number of hydrogen-bond acceptors (Lipinski definition) is 8. The Kier molecular flexibility index (Phi) is 8.42. The van der Waals surface area contributed by atoms with Crippen molar-refractivity contribution in [3.8, 4) is 17.2 Å². The Hall–Kier alpha value is -3.37. The highest BCUT2D eigenvalue weighted by Crippen LogP contribution is 2.37. The number of rotatable bonds is 8. The highest BCUT2D eigenvalue weighted by atomic mass is 79.9. The lowest BCUT2D eigenvalue weighted by molar-refractivity contribution is -0.139. The third-order valence-corrected chi connectivity index (χ3v) is 7.29. The Morgan fingerprint density at radius 3 is 2.58 bits per heavy atom. The lowest BCUT2D eigenvalue weighted by Crippen LogP contribution is -2.40. The molecule has 0 unspecified atom stereocenters. The Balaban J connectivity index is 2.01. The molecule has 1 aliphatic heterocycles. The first kappa shape index (κ1) is 27.7. The summed E-state index contributed by atoms with van der Waals surface area (Å²) >= 11 is 4.73. The Morgan fingerprint density at radius 1 is 1.18 bits per heavy atom. The maximum atomic E-state index is 14.0. The molecule has 0 saturated heterocycles. The number of fused-ring (bicyclic) bond motifs is 1. The molecule has 0 N–H and O–H groups in total. The molecule has 4 rings (SSSR count). The van der Waals surface area contributed by atoms with E-state index < -0.39 is 12.0 Å². The molecule has 0 fully saturated rings. The van der Waals surface area contributed by atoms with Crippen molar-refractivity contribution in [2.75, 3.05) is 20.8 Å². The van der Waals surface area contributed by atoms with Gasteiger partial charge in [0.15, 0.2) is 16.3 Å². The van der Waals surface area contributed by atoms with E-state index in [-0.39, 0.29) is 18.3 Å². The van der Waals surface area contributed by atoms with E-state index in [1.165, 1.54) is 11.3 Å². The predicted octanol–water partition coefficient (Wildman–Crippen LogP) is 4.37. The summed E-state index contributed by atoms with van der Waals surface area (Å²) in [7, 11) is 3.10. The smallest absolute Gasteiger partial charge is 0.338 e. The van der Waals surface area contributed by atoms with Crippen molar-refractivity contribution in [3.05, 3.63) is 83.0 Å². The Bertz CT molecular complexity index is 1590. The summed E-state index contributed by atoms with van der Waals surface area (Å²) in [6.45, 7) is 7.55. The van der Waals surface area contributed by atoms with Gasteiger partial charge in [-0.2, -0.15) is 0 Å². The lowest BCUT2D eigenvalue weighted by atomic mass is 9.95. The number of carbonyl (C=O) groups excluding carboxylic acids is 1. The number of ether oxygens (including phenoxy) is 4. The quantitative estimate of drug-likeness (QED) is 0.357. The summed E-state index contributed by atoms with van der Waals surface area (Å²) in [5.74, 6) is 1.08. The fraction of sp³-hybridized carbons (Fsp3) is 0.321. The number of nitrogens with zero attached hydrogens (tertiary/aromatic N) is 2. The SMILES string of the molecule is CCOC(=O)C1=C(C)N=c2s/c(=C\c3cc(Br)cc(OC)c3OC)c(=O)n2[C@@H]1c1ccccc1OC(C)C. The minimum Gasteiger partial charge on any atom is -0.493 e. The van der Waals surface area contributed by atoms with Gasteiger partial charge < -0.3 is 18.9 Å². The fourth-order valence-electron chi connectivity index (χ4n) is 4.36. The lowest BCUT2D eigenvalue weighted by Gasteiger charge is -2.26. The molecule has 2 aromatic carbocycles. The molecular weight excluding hydrogens is 572 g/mol. The van der Waals surface area contributed by atoms with Crippen molar-refractivity contribution < 1.29 is 23.7 Å². The van der Waals surface area contributed by atoms with Crippen molar-refractivity contribution in [1.29, 1.82) is 0 Å². The first-order valence-electron chi connectivity index (χ1n) is 12.1. The van der Waals surface area contributed by atoms with E-state index in [1.54, 1.807) is 44.8 Å². The van der Waals surface area contributed by atoms with Gasteiger partial charge in [0.25, 0.3) is 5.56 Å². The van der Waals surface area contributed by atoms with Crippen LogP contribution in [0.2, 0.25) is 0 Å². The van der Waals surface area contributed by atoms with Crippen LogP contribution in [0.25, 0.3) is 6.08 Å². The molecule has 0 bridgehead atoms. The highest BCUT2D eigenvalue weighted by molar-refractivity contribution is 9.10. The van der Waals surface area contributed by atoms with E-state index in [0.717, 1.165) is 4.47 Å². The summed E-state index contributed by atoms with van der Waals surface area (Å²) in [6.07, 6.45) is 1.63. The van der Waals surface area contributed by atoms with Gasteiger partial charge in [-0.3, -0.25) is 9.36 Å². The van der Waals surface area contributed by atoms with Gasteiger partial charge in [0.2, 0.25) is 0 Å². The van der Waals surface area contributed by atoms with E-state index in [0.29, 0.717) is 49.0 Å². The van der Waals surface area contributed by atoms with Gasteiger partial charge in [-0.1, -0.05) is 45.5 Å². The second-order valence-electron chi connectivity index (χ2n) is 8.74. The zero-order valence-electron chi connectivity index (χ0n) is 22.0. The van der Waals surface area contributed by atoms with Gasteiger partial charge in [-0.05, 0) is 52.0 Å². The maximum Gasteiger partial charge on any atom is 0.338 e. The third-order valence-electron chi connectivity index (χ3n) is 5.85. The number of methoxy groups -OCH3 is 2. The number of para-hydroxylation sites is 1. The van der Waals surface area contributed by atoms with Crippen LogP contribution in [0.15, 0.2) is 61.9 Å². The molecule has 38 heavy (non-hydrogen) atoms. The van der Waals surface area contributed by atoms with Gasteiger partial charge in [0, 0.05) is 15.6 Å². The van der Waals surface area contributed by atoms with Crippen LogP contribution >= 0.6 is 27.3 Å². The van der Waals surface area contributed by atoms with E-state index in [4.69, 9.17) is 18.9 Å². The van der Waals surface area contributed by atoms with Crippen LogP contribution in [0.4, 0.5) is 0 Å². The van der Waals surface area contributed by atoms with E-state index in [9.17, 15) is 9.59 Å². The summed E-state index contributed by atoms with van der Waals surface area (Å²) in [5.41, 5.74) is 1.82. The number of thiazole rings is 1. The van der Waals surface area contributed by atoms with Crippen molar-refractivity contribution in [1.82, 2.24) is 4.57 Å². The molecule has 0 amide bonds. The first-order valence-corrected chi connectivity index (χ1v) is 13.7. The van der Waals surface area contributed by atoms with E-state index in [1.807, 2.05) is 44.2 Å². The standard InChI is InChI=1S/C28H29BrN2O6S/c1-7-36-27(33)23-16(4)30-28-31(24(23)19-10-8-9-11-20(19)37-15(2)3)26(32)22(38-28)13-17-12-18(29)14-21(34-5)25(17)35-6/h8-15,24H,7H2,1-6H3/b22-13-/t24-/m1/s1. The molecule has 200 valence electrons. The molecule has 1 aliphatic rings. The minimum atomic E-state index is -0.777. The molecule has 2 heterocycles. The molecule has 1 atom stereocenters. The second kappa shape index (κ2) is 11.6. The van der Waals surface area contributed by atoms with E-state index >= 15 is 0 Å². The monoisotopic (exact) mass is 600 g/mol. The number of halogens is 1. The van der Waals surface area contributed by atoms with Crippen LogP contribution < -0.4 is 29.1 Å². The maximum absolute atomic E-state index is 14.0. The fourth-order valence-corrected chi connectivity index (χ4v) is 5.85. The van der Waals surface area contributed by atoms with Crippen LogP contribution in [0.5, 0.6) is 17.2 Å². The van der Waals surface area contributed by atoms with Gasteiger partial charge in [0.1, 0.15) is 11.8 Å². The second-order valence-corrected chi connectivity index (χ2v) is 10.7. The zero-order chi connectivity index (χ0) is 27.6. The largest absolute Gasteiger partial charge is 0.493 e. The van der Waals surface area contributed by atoms with Gasteiger partial charge in [-0.25, -0.2) is 9.79 Å². The molecule has 10 heteroatoms. The average molecular weight is 602 g/mol. The van der Waals surface area contributed by atoms with E-state index in [2.05, 4.69) is 20.9 Å². The summed E-state index contributed by atoms with van der Waals surface area (Å²) in [5, 5.41) is 0. The van der Waals surface area contributed by atoms with Crippen LogP contribution in [0, 0.1) is 0 Å². The predicted molar refractivity (Wildman–Crippen MR) is 150 cm³/mol. The summed E-state index contributed by atoms with van der Waals surface area (Å²) in [6, 6.07) is 10.3. The molecule has 0 spiro atoms. The van der Waals surface area contributed by atoms with Gasteiger partial charge in [0.05, 0.1) is 42.7 Å². The van der Waals surface area contributed by atoms with Crippen LogP contribution in [-0.2, 0) is 9.53 Å². The molecule has 1 aromatic heterocycles. The number of benzene rings is 2. The summed E-state index contributed by atoms with van der Waals surface area (Å²) < 4.78 is 25.3. The number of esters is 1. The molecule has 0 radical (unpaired) electrons. The van der Waals surface area contributed by atoms with Gasteiger partial charge in [-0.15, -0.1) is 0 Å². The topological polar surface area (TPSA) is 88.4 Å². The molecule has 8 nitrogen and oxygen atoms in total. The Labute approximate surface area is 233 Å². The molecular formula is C28H29BrN2O6S. The van der Waals surface area contributed by atoms with Gasteiger partial charge >= 0.3 is 5.97 Å². The highest BCUT2D eigenvalue weighted by Gasteiger charge is 2.35. The third kappa shape index (κ3) is 5.28. The van der Waals surface area contributed by atoms with Crippen molar-refractivity contribution >= 4 is 39.3 Å². The number of allylic oxidation sites excluding steroid dienone is 1. The number of aromatic nitrogens is 1. The molecule has 0 saturated carbocycles. The number of hydrogen-bond donors (Lipinski definition) is 0. The first-order chi connectivity index (χ1) is 18.2. The van der Waals surface area contributed by atoms with Crippen LogP contribution in [-0.4, -0.2) is 37.5 Å². The molecule has 3 aromatic rings. The van der Waals surface area contributed by atoms with Crippen LogP contribution in [0.3, 0.4) is 0 Å². The zero-order valence-corrected chi connectivity index (χ0v) is 24.4. The average Bonchev–Trinajstić information content (AvgIpc) is 3.17. The minimum absolute atomic E-state index is 0.109. The molecule has 0 aliphatic carbocycles. The summed E-state index contributed by atoms with van der Waals surface area (Å²) in [4.78, 5) is 32.3. The number of carbonyl (C=O) groups is 1.